The molecule has 1 N–H and O–H groups in total. The third-order valence-corrected chi connectivity index (χ3v) is 5.45. The number of hydrogen-bond donors (Lipinski definition) is 1. The first-order valence-corrected chi connectivity index (χ1v) is 10.1. The Morgan fingerprint density at radius 2 is 2.04 bits per heavy atom. The van der Waals surface area contributed by atoms with Gasteiger partial charge in [0.25, 0.3) is 5.91 Å². The van der Waals surface area contributed by atoms with Crippen LogP contribution >= 0.6 is 34.7 Å². The van der Waals surface area contributed by atoms with Crippen molar-refractivity contribution in [2.45, 2.75) is 11.3 Å². The van der Waals surface area contributed by atoms with Crippen molar-refractivity contribution in [1.82, 2.24) is 10.2 Å². The van der Waals surface area contributed by atoms with Gasteiger partial charge >= 0.3 is 5.69 Å². The van der Waals surface area contributed by atoms with Gasteiger partial charge in [0.2, 0.25) is 10.9 Å². The summed E-state index contributed by atoms with van der Waals surface area (Å²) in [5.74, 6) is 0.935. The van der Waals surface area contributed by atoms with Gasteiger partial charge in [0, 0.05) is 16.7 Å². The van der Waals surface area contributed by atoms with Crippen LogP contribution < -0.4 is 10.1 Å². The third-order valence-electron chi connectivity index (χ3n) is 3.36. The smallest absolute Gasteiger partial charge is 0.313 e. The molecule has 0 radical (unpaired) electrons. The fourth-order valence-electron chi connectivity index (χ4n) is 2.13. The number of anilines is 1. The van der Waals surface area contributed by atoms with E-state index >= 15 is 0 Å². The van der Waals surface area contributed by atoms with E-state index in [2.05, 4.69) is 15.5 Å². The summed E-state index contributed by atoms with van der Waals surface area (Å²) in [5.41, 5.74) is 0.143. The van der Waals surface area contributed by atoms with Crippen molar-refractivity contribution in [1.29, 1.82) is 0 Å². The van der Waals surface area contributed by atoms with Crippen molar-refractivity contribution >= 4 is 51.4 Å². The highest BCUT2D eigenvalue weighted by Crippen LogP contribution is 2.33. The number of ether oxygens (including phenoxy) is 1. The van der Waals surface area contributed by atoms with Gasteiger partial charge in [-0.3, -0.25) is 20.2 Å². The number of hydrogen-bond acceptors (Lipinski definition) is 8. The van der Waals surface area contributed by atoms with Crippen molar-refractivity contribution in [2.24, 2.45) is 0 Å². The van der Waals surface area contributed by atoms with Gasteiger partial charge in [-0.05, 0) is 42.2 Å². The lowest BCUT2D eigenvalue weighted by atomic mass is 10.2. The van der Waals surface area contributed by atoms with E-state index in [1.165, 1.54) is 29.5 Å². The molecule has 28 heavy (non-hydrogen) atoms. The fourth-order valence-corrected chi connectivity index (χ4v) is 3.94. The van der Waals surface area contributed by atoms with Gasteiger partial charge in [-0.2, -0.15) is 0 Å². The number of benzene rings is 2. The number of nitro groups is 1. The van der Waals surface area contributed by atoms with E-state index < -0.39 is 4.92 Å². The van der Waals surface area contributed by atoms with Gasteiger partial charge in [-0.15, -0.1) is 10.2 Å². The Balaban J connectivity index is 1.69. The number of carbonyl (C=O) groups is 1. The van der Waals surface area contributed by atoms with Crippen molar-refractivity contribution in [3.8, 4) is 11.5 Å². The SMILES string of the molecule is CCSc1nnc(NC(=O)c2ccc(Oc3ccc(Cl)cc3[N+](=O)[O-])cc2)s1. The monoisotopic (exact) mass is 436 g/mol. The quantitative estimate of drug-likeness (QED) is 0.233. The second-order valence-electron chi connectivity index (χ2n) is 5.26. The van der Waals surface area contributed by atoms with Crippen LogP contribution in [0.3, 0.4) is 0 Å². The van der Waals surface area contributed by atoms with Gasteiger partial charge in [0.1, 0.15) is 5.75 Å². The Bertz CT molecular complexity index is 1010. The predicted molar refractivity (Wildman–Crippen MR) is 109 cm³/mol. The Morgan fingerprint density at radius 3 is 2.71 bits per heavy atom. The molecule has 0 aliphatic heterocycles. The Morgan fingerprint density at radius 1 is 1.29 bits per heavy atom. The molecule has 3 rings (SSSR count). The molecule has 0 fully saturated rings. The molecule has 0 saturated heterocycles. The summed E-state index contributed by atoms with van der Waals surface area (Å²) in [6.07, 6.45) is 0. The summed E-state index contributed by atoms with van der Waals surface area (Å²) in [5, 5.41) is 22.4. The van der Waals surface area contributed by atoms with Crippen LogP contribution in [0.1, 0.15) is 17.3 Å². The molecule has 3 aromatic rings. The summed E-state index contributed by atoms with van der Waals surface area (Å²) in [6, 6.07) is 10.3. The first-order valence-electron chi connectivity index (χ1n) is 7.95. The predicted octanol–water partition coefficient (Wildman–Crippen LogP) is 5.26. The van der Waals surface area contributed by atoms with E-state index in [-0.39, 0.29) is 22.4 Å². The van der Waals surface area contributed by atoms with Crippen LogP contribution in [0.5, 0.6) is 11.5 Å². The zero-order valence-electron chi connectivity index (χ0n) is 14.4. The van der Waals surface area contributed by atoms with Crippen LogP contribution in [0, 0.1) is 10.1 Å². The molecule has 0 atom stereocenters. The molecule has 1 heterocycles. The lowest BCUT2D eigenvalue weighted by molar-refractivity contribution is -0.385. The molecule has 0 spiro atoms. The molecule has 0 saturated carbocycles. The van der Waals surface area contributed by atoms with Crippen LogP contribution in [0.2, 0.25) is 5.02 Å². The Labute approximate surface area is 173 Å². The van der Waals surface area contributed by atoms with E-state index in [0.29, 0.717) is 16.4 Å². The average molecular weight is 437 g/mol. The topological polar surface area (TPSA) is 107 Å². The maximum Gasteiger partial charge on any atom is 0.313 e. The normalized spacial score (nSPS) is 10.5. The van der Waals surface area contributed by atoms with Crippen molar-refractivity contribution in [2.75, 3.05) is 11.1 Å². The molecule has 11 heteroatoms. The highest BCUT2D eigenvalue weighted by atomic mass is 35.5. The molecule has 0 aliphatic rings. The number of nitrogens with zero attached hydrogens (tertiary/aromatic N) is 3. The van der Waals surface area contributed by atoms with Crippen molar-refractivity contribution in [3.05, 3.63) is 63.2 Å². The molecule has 0 unspecified atom stereocenters. The van der Waals surface area contributed by atoms with Gasteiger partial charge in [0.05, 0.1) is 4.92 Å². The summed E-state index contributed by atoms with van der Waals surface area (Å²) >= 11 is 8.64. The molecule has 0 aliphatic carbocycles. The van der Waals surface area contributed by atoms with Gasteiger partial charge in [-0.25, -0.2) is 0 Å². The maximum absolute atomic E-state index is 12.3. The van der Waals surface area contributed by atoms with Crippen LogP contribution in [0.4, 0.5) is 10.8 Å². The molecular weight excluding hydrogens is 424 g/mol. The van der Waals surface area contributed by atoms with E-state index in [1.807, 2.05) is 6.92 Å². The maximum atomic E-state index is 12.3. The van der Waals surface area contributed by atoms with E-state index in [1.54, 1.807) is 36.0 Å². The zero-order valence-corrected chi connectivity index (χ0v) is 16.8. The number of amides is 1. The number of thioether (sulfide) groups is 1. The molecule has 2 aromatic carbocycles. The van der Waals surface area contributed by atoms with E-state index in [9.17, 15) is 14.9 Å². The molecule has 0 bridgehead atoms. The summed E-state index contributed by atoms with van der Waals surface area (Å²) in [4.78, 5) is 22.9. The number of rotatable bonds is 7. The van der Waals surface area contributed by atoms with E-state index in [0.717, 1.165) is 10.1 Å². The lowest BCUT2D eigenvalue weighted by Gasteiger charge is -2.07. The number of nitrogens with one attached hydrogen (secondary N) is 1. The van der Waals surface area contributed by atoms with Crippen LogP contribution in [-0.4, -0.2) is 26.8 Å². The van der Waals surface area contributed by atoms with Crippen LogP contribution in [0.15, 0.2) is 46.8 Å². The number of nitro benzene ring substituents is 1. The van der Waals surface area contributed by atoms with Gasteiger partial charge < -0.3 is 4.74 Å². The van der Waals surface area contributed by atoms with Crippen LogP contribution in [-0.2, 0) is 0 Å². The summed E-state index contributed by atoms with van der Waals surface area (Å²) in [6.45, 7) is 2.01. The molecule has 1 amide bonds. The van der Waals surface area contributed by atoms with Crippen molar-refractivity contribution in [3.63, 3.8) is 0 Å². The average Bonchev–Trinajstić information content (AvgIpc) is 3.11. The van der Waals surface area contributed by atoms with Crippen LogP contribution in [0.25, 0.3) is 0 Å². The number of aromatic nitrogens is 2. The third kappa shape index (κ3) is 4.97. The second-order valence-corrected chi connectivity index (χ2v) is 8.18. The minimum atomic E-state index is -0.573. The zero-order chi connectivity index (χ0) is 20.1. The number of halogens is 1. The first-order chi connectivity index (χ1) is 13.5. The highest BCUT2D eigenvalue weighted by molar-refractivity contribution is 8.01. The van der Waals surface area contributed by atoms with E-state index in [4.69, 9.17) is 16.3 Å². The molecule has 1 aromatic heterocycles. The van der Waals surface area contributed by atoms with Gasteiger partial charge in [0.15, 0.2) is 4.34 Å². The fraction of sp³-hybridized carbons (Fsp3) is 0.118. The minimum absolute atomic E-state index is 0.0569. The van der Waals surface area contributed by atoms with Gasteiger partial charge in [-0.1, -0.05) is 41.6 Å². The molecule has 144 valence electrons. The van der Waals surface area contributed by atoms with Crippen molar-refractivity contribution < 1.29 is 14.5 Å². The second kappa shape index (κ2) is 9.00. The first kappa shape index (κ1) is 20.1. The summed E-state index contributed by atoms with van der Waals surface area (Å²) in [7, 11) is 0. The largest absolute Gasteiger partial charge is 0.450 e. The standard InChI is InChI=1S/C17H13ClN4O4S2/c1-2-27-17-21-20-16(28-17)19-15(23)10-3-6-12(7-4-10)26-14-8-5-11(18)9-13(14)22(24)25/h3-9H,2H2,1H3,(H,19,20,23). The lowest BCUT2D eigenvalue weighted by Crippen LogP contribution is -2.11. The Kier molecular flexibility index (Phi) is 6.45. The molecule has 8 nitrogen and oxygen atoms in total. The summed E-state index contributed by atoms with van der Waals surface area (Å²) < 4.78 is 6.34. The molecular formula is C17H13ClN4O4S2. The number of carbonyl (C=O) groups excluding carboxylic acids is 1. The Hall–Kier alpha value is -2.69. The minimum Gasteiger partial charge on any atom is -0.450 e. The highest BCUT2D eigenvalue weighted by Gasteiger charge is 2.17.